The molecule has 4 aromatic carbocycles. The molecule has 0 aliphatic heterocycles. The van der Waals surface area contributed by atoms with Crippen molar-refractivity contribution in [1.29, 1.82) is 0 Å². The van der Waals surface area contributed by atoms with E-state index in [1.165, 1.54) is 24.3 Å². The van der Waals surface area contributed by atoms with Gasteiger partial charge in [0, 0.05) is 11.6 Å². The number of para-hydroxylation sites is 1. The standard InChI is InChI=1S/C30H19NO6/c32-28(33)21-10-6-18(7-11-21)23-15-24(19-8-12-22(13-9-19)29(34)35)17-25(16-23)30(36)37-26-5-1-3-20-4-2-14-31-27(20)26/h1-17H,(H,32,33)(H,34,35). The summed E-state index contributed by atoms with van der Waals surface area (Å²) in [7, 11) is 0. The molecule has 0 radical (unpaired) electrons. The fourth-order valence-corrected chi connectivity index (χ4v) is 4.01. The lowest BCUT2D eigenvalue weighted by Crippen LogP contribution is -2.09. The second kappa shape index (κ2) is 9.75. The van der Waals surface area contributed by atoms with Crippen LogP contribution < -0.4 is 4.74 Å². The van der Waals surface area contributed by atoms with Crippen LogP contribution in [0.3, 0.4) is 0 Å². The van der Waals surface area contributed by atoms with Crippen LogP contribution in [0.5, 0.6) is 5.75 Å². The third-order valence-corrected chi connectivity index (χ3v) is 5.90. The van der Waals surface area contributed by atoms with Gasteiger partial charge >= 0.3 is 17.9 Å². The zero-order valence-corrected chi connectivity index (χ0v) is 19.3. The van der Waals surface area contributed by atoms with Crippen molar-refractivity contribution in [2.75, 3.05) is 0 Å². The highest BCUT2D eigenvalue weighted by atomic mass is 16.5. The van der Waals surface area contributed by atoms with Crippen LogP contribution in [-0.4, -0.2) is 33.1 Å². The number of hydrogen-bond donors (Lipinski definition) is 2. The summed E-state index contributed by atoms with van der Waals surface area (Å²) in [6.45, 7) is 0. The molecule has 7 heteroatoms. The summed E-state index contributed by atoms with van der Waals surface area (Å²) >= 11 is 0. The van der Waals surface area contributed by atoms with Gasteiger partial charge in [-0.15, -0.1) is 0 Å². The molecule has 0 unspecified atom stereocenters. The van der Waals surface area contributed by atoms with E-state index in [0.29, 0.717) is 33.5 Å². The quantitative estimate of drug-likeness (QED) is 0.216. The molecule has 0 bridgehead atoms. The number of fused-ring (bicyclic) bond motifs is 1. The SMILES string of the molecule is O=C(O)c1ccc(-c2cc(C(=O)Oc3cccc4cccnc34)cc(-c3ccc(C(=O)O)cc3)c2)cc1. The molecular formula is C30H19NO6. The van der Waals surface area contributed by atoms with Gasteiger partial charge in [0.2, 0.25) is 0 Å². The molecule has 0 saturated carbocycles. The zero-order valence-electron chi connectivity index (χ0n) is 19.3. The number of esters is 1. The van der Waals surface area contributed by atoms with Crippen LogP contribution >= 0.6 is 0 Å². The third-order valence-electron chi connectivity index (χ3n) is 5.90. The van der Waals surface area contributed by atoms with Crippen molar-refractivity contribution in [2.24, 2.45) is 0 Å². The molecule has 0 fully saturated rings. The number of rotatable bonds is 6. The molecule has 0 saturated heterocycles. The van der Waals surface area contributed by atoms with E-state index in [4.69, 9.17) is 4.74 Å². The summed E-state index contributed by atoms with van der Waals surface area (Å²) in [4.78, 5) is 40.2. The maximum atomic E-state index is 13.3. The van der Waals surface area contributed by atoms with E-state index < -0.39 is 17.9 Å². The van der Waals surface area contributed by atoms with Gasteiger partial charge in [0.05, 0.1) is 16.7 Å². The molecule has 1 heterocycles. The van der Waals surface area contributed by atoms with E-state index in [1.54, 1.807) is 60.8 Å². The zero-order chi connectivity index (χ0) is 25.9. The van der Waals surface area contributed by atoms with Crippen molar-refractivity contribution in [1.82, 2.24) is 4.98 Å². The van der Waals surface area contributed by atoms with Crippen molar-refractivity contribution in [3.05, 3.63) is 120 Å². The summed E-state index contributed by atoms with van der Waals surface area (Å²) in [5, 5.41) is 19.3. The number of aromatic carboxylic acids is 2. The molecule has 0 atom stereocenters. The predicted molar refractivity (Wildman–Crippen MR) is 138 cm³/mol. The number of ether oxygens (including phenoxy) is 1. The monoisotopic (exact) mass is 489 g/mol. The Labute approximate surface area is 211 Å². The van der Waals surface area contributed by atoms with Gasteiger partial charge in [0.1, 0.15) is 5.52 Å². The molecule has 1 aromatic heterocycles. The lowest BCUT2D eigenvalue weighted by molar-refractivity contribution is 0.0686. The largest absolute Gasteiger partial charge is 0.478 e. The van der Waals surface area contributed by atoms with E-state index >= 15 is 0 Å². The molecule has 7 nitrogen and oxygen atoms in total. The minimum atomic E-state index is -1.04. The van der Waals surface area contributed by atoms with E-state index in [2.05, 4.69) is 4.98 Å². The Morgan fingerprint density at radius 3 is 1.68 bits per heavy atom. The van der Waals surface area contributed by atoms with Crippen molar-refractivity contribution in [3.8, 4) is 28.0 Å². The van der Waals surface area contributed by atoms with E-state index in [0.717, 1.165) is 5.39 Å². The third kappa shape index (κ3) is 4.92. The number of carboxylic acid groups (broad SMARTS) is 2. The van der Waals surface area contributed by atoms with Gasteiger partial charge < -0.3 is 14.9 Å². The molecule has 0 amide bonds. The van der Waals surface area contributed by atoms with Crippen molar-refractivity contribution >= 4 is 28.8 Å². The van der Waals surface area contributed by atoms with Gasteiger partial charge in [0.25, 0.3) is 0 Å². The van der Waals surface area contributed by atoms with Crippen molar-refractivity contribution in [3.63, 3.8) is 0 Å². The summed E-state index contributed by atoms with van der Waals surface area (Å²) in [6.07, 6.45) is 1.62. The van der Waals surface area contributed by atoms with Crippen LogP contribution in [0, 0.1) is 0 Å². The van der Waals surface area contributed by atoms with Crippen LogP contribution in [0.4, 0.5) is 0 Å². The fraction of sp³-hybridized carbons (Fsp3) is 0. The van der Waals surface area contributed by atoms with Gasteiger partial charge in [-0.2, -0.15) is 0 Å². The number of carbonyl (C=O) groups is 3. The Bertz CT molecular complexity index is 1580. The molecule has 5 rings (SSSR count). The summed E-state index contributed by atoms with van der Waals surface area (Å²) in [5.74, 6) is -2.34. The smallest absolute Gasteiger partial charge is 0.343 e. The Morgan fingerprint density at radius 2 is 1.14 bits per heavy atom. The Morgan fingerprint density at radius 1 is 0.595 bits per heavy atom. The van der Waals surface area contributed by atoms with Gasteiger partial charge in [-0.3, -0.25) is 4.98 Å². The Hall–Kier alpha value is -5.30. The first kappa shape index (κ1) is 23.4. The second-order valence-electron chi connectivity index (χ2n) is 8.28. The maximum absolute atomic E-state index is 13.3. The van der Waals surface area contributed by atoms with Crippen LogP contribution in [-0.2, 0) is 0 Å². The summed E-state index contributed by atoms with van der Waals surface area (Å²) < 4.78 is 5.74. The number of carbonyl (C=O) groups excluding carboxylic acids is 1. The number of pyridine rings is 1. The lowest BCUT2D eigenvalue weighted by Gasteiger charge is -2.12. The minimum absolute atomic E-state index is 0.146. The van der Waals surface area contributed by atoms with Crippen LogP contribution in [0.1, 0.15) is 31.1 Å². The van der Waals surface area contributed by atoms with Crippen LogP contribution in [0.25, 0.3) is 33.2 Å². The molecule has 2 N–H and O–H groups in total. The van der Waals surface area contributed by atoms with Crippen molar-refractivity contribution in [2.45, 2.75) is 0 Å². The molecule has 0 spiro atoms. The predicted octanol–water partition coefficient (Wildman–Crippen LogP) is 6.18. The van der Waals surface area contributed by atoms with Gasteiger partial charge in [-0.25, -0.2) is 14.4 Å². The normalized spacial score (nSPS) is 10.7. The highest BCUT2D eigenvalue weighted by Crippen LogP contribution is 2.30. The Balaban J connectivity index is 1.58. The average molecular weight is 489 g/mol. The summed E-state index contributed by atoms with van der Waals surface area (Å²) in [6, 6.07) is 26.8. The fourth-order valence-electron chi connectivity index (χ4n) is 4.01. The number of carboxylic acids is 2. The highest BCUT2D eigenvalue weighted by molar-refractivity contribution is 5.97. The molecule has 0 aliphatic rings. The van der Waals surface area contributed by atoms with Crippen LogP contribution in [0.2, 0.25) is 0 Å². The first-order chi connectivity index (χ1) is 17.9. The summed E-state index contributed by atoms with van der Waals surface area (Å²) in [5.41, 5.74) is 3.86. The lowest BCUT2D eigenvalue weighted by atomic mass is 9.95. The minimum Gasteiger partial charge on any atom is -0.478 e. The van der Waals surface area contributed by atoms with Crippen molar-refractivity contribution < 1.29 is 29.3 Å². The molecule has 0 aliphatic carbocycles. The van der Waals surface area contributed by atoms with Gasteiger partial charge in [-0.05, 0) is 76.9 Å². The average Bonchev–Trinajstić information content (AvgIpc) is 2.93. The molecule has 180 valence electrons. The van der Waals surface area contributed by atoms with E-state index in [1.807, 2.05) is 18.2 Å². The number of hydrogen-bond acceptors (Lipinski definition) is 5. The first-order valence-electron chi connectivity index (χ1n) is 11.3. The molecular weight excluding hydrogens is 470 g/mol. The Kier molecular flexibility index (Phi) is 6.18. The van der Waals surface area contributed by atoms with Gasteiger partial charge in [0.15, 0.2) is 5.75 Å². The van der Waals surface area contributed by atoms with Crippen LogP contribution in [0.15, 0.2) is 103 Å². The first-order valence-corrected chi connectivity index (χ1v) is 11.3. The number of nitrogens with zero attached hydrogens (tertiary/aromatic N) is 1. The number of benzene rings is 4. The maximum Gasteiger partial charge on any atom is 0.343 e. The number of aromatic nitrogens is 1. The van der Waals surface area contributed by atoms with E-state index in [9.17, 15) is 24.6 Å². The van der Waals surface area contributed by atoms with Gasteiger partial charge in [-0.1, -0.05) is 42.5 Å². The molecule has 5 aromatic rings. The topological polar surface area (TPSA) is 114 Å². The second-order valence-corrected chi connectivity index (χ2v) is 8.28. The molecule has 37 heavy (non-hydrogen) atoms. The van der Waals surface area contributed by atoms with E-state index in [-0.39, 0.29) is 16.7 Å². The highest BCUT2D eigenvalue weighted by Gasteiger charge is 2.16.